The summed E-state index contributed by atoms with van der Waals surface area (Å²) in [6.45, 7) is 4.61. The number of aromatic nitrogens is 4. The highest BCUT2D eigenvalue weighted by molar-refractivity contribution is 5.93. The molecule has 0 saturated heterocycles. The molecule has 0 aliphatic heterocycles. The van der Waals surface area contributed by atoms with Gasteiger partial charge in [-0.15, -0.1) is 0 Å². The van der Waals surface area contributed by atoms with E-state index in [0.717, 1.165) is 31.6 Å². The average Bonchev–Trinajstić information content (AvgIpc) is 3.18. The normalized spacial score (nSPS) is 20.4. The Bertz CT molecular complexity index is 685. The summed E-state index contributed by atoms with van der Waals surface area (Å²) < 4.78 is 7.82. The number of carbonyl (C=O) groups excluding carboxylic acids is 1. The number of ether oxygens (including phenoxy) is 1. The van der Waals surface area contributed by atoms with Gasteiger partial charge in [-0.2, -0.15) is 5.10 Å². The molecular formula is C16H21N5O2. The van der Waals surface area contributed by atoms with Crippen LogP contribution in [0.2, 0.25) is 0 Å². The summed E-state index contributed by atoms with van der Waals surface area (Å²) in [6, 6.07) is -0.0196. The summed E-state index contributed by atoms with van der Waals surface area (Å²) in [5, 5.41) is 7.24. The van der Waals surface area contributed by atoms with Gasteiger partial charge in [-0.1, -0.05) is 0 Å². The van der Waals surface area contributed by atoms with Gasteiger partial charge in [0, 0.05) is 18.9 Å². The molecule has 0 radical (unpaired) electrons. The first-order valence-electron chi connectivity index (χ1n) is 7.95. The fourth-order valence-corrected chi connectivity index (χ4v) is 2.85. The zero-order chi connectivity index (χ0) is 16.2. The third-order valence-corrected chi connectivity index (χ3v) is 4.09. The maximum absolute atomic E-state index is 12.4. The van der Waals surface area contributed by atoms with Crippen LogP contribution in [0.4, 0.5) is 0 Å². The van der Waals surface area contributed by atoms with Crippen LogP contribution >= 0.6 is 0 Å². The Morgan fingerprint density at radius 1 is 1.39 bits per heavy atom. The van der Waals surface area contributed by atoms with Crippen molar-refractivity contribution in [3.8, 4) is 5.75 Å². The number of rotatable bonds is 5. The maximum Gasteiger partial charge on any atom is 0.272 e. The van der Waals surface area contributed by atoms with Crippen LogP contribution in [-0.2, 0) is 6.54 Å². The topological polar surface area (TPSA) is 81.9 Å². The van der Waals surface area contributed by atoms with Crippen molar-refractivity contribution >= 4 is 5.91 Å². The zero-order valence-corrected chi connectivity index (χ0v) is 13.4. The van der Waals surface area contributed by atoms with Crippen LogP contribution in [-0.4, -0.2) is 37.8 Å². The van der Waals surface area contributed by atoms with E-state index in [0.29, 0.717) is 11.4 Å². The molecular weight excluding hydrogens is 294 g/mol. The molecule has 2 atom stereocenters. The quantitative estimate of drug-likeness (QED) is 0.908. The third kappa shape index (κ3) is 3.49. The van der Waals surface area contributed by atoms with Gasteiger partial charge in [0.25, 0.3) is 5.91 Å². The van der Waals surface area contributed by atoms with Crippen molar-refractivity contribution < 1.29 is 9.53 Å². The summed E-state index contributed by atoms with van der Waals surface area (Å²) in [7, 11) is 0. The van der Waals surface area contributed by atoms with Gasteiger partial charge in [0.05, 0.1) is 24.1 Å². The lowest BCUT2D eigenvalue weighted by molar-refractivity contribution is 0.0887. The van der Waals surface area contributed by atoms with Crippen LogP contribution in [0, 0.1) is 6.92 Å². The molecule has 7 heteroatoms. The molecule has 1 aliphatic carbocycles. The minimum atomic E-state index is -0.194. The van der Waals surface area contributed by atoms with Crippen molar-refractivity contribution in [3.05, 3.63) is 36.2 Å². The van der Waals surface area contributed by atoms with Crippen molar-refractivity contribution in [2.24, 2.45) is 0 Å². The van der Waals surface area contributed by atoms with E-state index in [1.807, 2.05) is 17.8 Å². The maximum atomic E-state index is 12.4. The van der Waals surface area contributed by atoms with Crippen LogP contribution in [0.3, 0.4) is 0 Å². The summed E-state index contributed by atoms with van der Waals surface area (Å²) in [6.07, 6.45) is 9.52. The highest BCUT2D eigenvalue weighted by Gasteiger charge is 2.31. The average molecular weight is 315 g/mol. The van der Waals surface area contributed by atoms with Crippen LogP contribution in [0.25, 0.3) is 0 Å². The summed E-state index contributed by atoms with van der Waals surface area (Å²) in [5.41, 5.74) is 1.00. The molecule has 1 amide bonds. The van der Waals surface area contributed by atoms with E-state index in [1.165, 1.54) is 6.20 Å². The standard InChI is InChI=1S/C16H21N5O2/c1-3-21-10-12(9-19-21)23-14-6-4-5-13(14)20-16(22)15-11(2)17-7-8-18-15/h7-10,13-14H,3-6H2,1-2H3,(H,20,22)/t13-,14+/m0/s1. The molecule has 0 aromatic carbocycles. The Morgan fingerprint density at radius 3 is 2.96 bits per heavy atom. The Hall–Kier alpha value is -2.44. The molecule has 1 fully saturated rings. The van der Waals surface area contributed by atoms with E-state index in [-0.39, 0.29) is 18.1 Å². The summed E-state index contributed by atoms with van der Waals surface area (Å²) in [4.78, 5) is 20.6. The summed E-state index contributed by atoms with van der Waals surface area (Å²) >= 11 is 0. The van der Waals surface area contributed by atoms with Crippen molar-refractivity contribution in [1.29, 1.82) is 0 Å². The molecule has 1 saturated carbocycles. The van der Waals surface area contributed by atoms with Gasteiger partial charge in [0.1, 0.15) is 11.8 Å². The zero-order valence-electron chi connectivity index (χ0n) is 13.4. The number of hydrogen-bond acceptors (Lipinski definition) is 5. The van der Waals surface area contributed by atoms with Crippen molar-refractivity contribution in [1.82, 2.24) is 25.1 Å². The predicted molar refractivity (Wildman–Crippen MR) is 84.2 cm³/mol. The SMILES string of the molecule is CCn1cc(O[C@@H]2CCC[C@@H]2NC(=O)c2nccnc2C)cn1. The molecule has 23 heavy (non-hydrogen) atoms. The number of carbonyl (C=O) groups is 1. The Labute approximate surface area is 135 Å². The van der Waals surface area contributed by atoms with Gasteiger partial charge in [0.15, 0.2) is 5.75 Å². The minimum Gasteiger partial charge on any atom is -0.485 e. The lowest BCUT2D eigenvalue weighted by Crippen LogP contribution is -2.43. The molecule has 7 nitrogen and oxygen atoms in total. The fraction of sp³-hybridized carbons (Fsp3) is 0.500. The number of amides is 1. The number of nitrogens with one attached hydrogen (secondary N) is 1. The first kappa shape index (κ1) is 15.5. The second-order valence-corrected chi connectivity index (χ2v) is 5.69. The molecule has 2 aromatic heterocycles. The molecule has 0 spiro atoms. The smallest absolute Gasteiger partial charge is 0.272 e. The third-order valence-electron chi connectivity index (χ3n) is 4.09. The second-order valence-electron chi connectivity index (χ2n) is 5.69. The largest absolute Gasteiger partial charge is 0.485 e. The molecule has 0 unspecified atom stereocenters. The van der Waals surface area contributed by atoms with Crippen LogP contribution in [0.1, 0.15) is 42.4 Å². The first-order valence-corrected chi connectivity index (χ1v) is 7.95. The van der Waals surface area contributed by atoms with Gasteiger partial charge in [-0.25, -0.2) is 4.98 Å². The lowest BCUT2D eigenvalue weighted by Gasteiger charge is -2.21. The molecule has 2 aromatic rings. The highest BCUT2D eigenvalue weighted by atomic mass is 16.5. The van der Waals surface area contributed by atoms with Gasteiger partial charge >= 0.3 is 0 Å². The molecule has 122 valence electrons. The Balaban J connectivity index is 1.65. The Morgan fingerprint density at radius 2 is 2.22 bits per heavy atom. The van der Waals surface area contributed by atoms with Crippen LogP contribution in [0.15, 0.2) is 24.8 Å². The van der Waals surface area contributed by atoms with E-state index >= 15 is 0 Å². The van der Waals surface area contributed by atoms with Crippen molar-refractivity contribution in [3.63, 3.8) is 0 Å². The van der Waals surface area contributed by atoms with Crippen LogP contribution < -0.4 is 10.1 Å². The van der Waals surface area contributed by atoms with E-state index in [2.05, 4.69) is 20.4 Å². The van der Waals surface area contributed by atoms with Gasteiger partial charge in [-0.3, -0.25) is 14.5 Å². The molecule has 0 bridgehead atoms. The number of hydrogen-bond donors (Lipinski definition) is 1. The van der Waals surface area contributed by atoms with Gasteiger partial charge in [0.2, 0.25) is 0 Å². The monoisotopic (exact) mass is 315 g/mol. The highest BCUT2D eigenvalue weighted by Crippen LogP contribution is 2.25. The lowest BCUT2D eigenvalue weighted by atomic mass is 10.2. The van der Waals surface area contributed by atoms with Crippen molar-refractivity contribution in [2.45, 2.75) is 51.8 Å². The molecule has 1 aliphatic rings. The fourth-order valence-electron chi connectivity index (χ4n) is 2.85. The predicted octanol–water partition coefficient (Wildman–Crippen LogP) is 1.73. The van der Waals surface area contributed by atoms with E-state index in [1.54, 1.807) is 19.3 Å². The summed E-state index contributed by atoms with van der Waals surface area (Å²) in [5.74, 6) is 0.550. The second kappa shape index (κ2) is 6.76. The minimum absolute atomic E-state index is 0.0196. The first-order chi connectivity index (χ1) is 11.2. The molecule has 1 N–H and O–H groups in total. The van der Waals surface area contributed by atoms with E-state index < -0.39 is 0 Å². The van der Waals surface area contributed by atoms with Crippen LogP contribution in [0.5, 0.6) is 5.75 Å². The van der Waals surface area contributed by atoms with E-state index in [9.17, 15) is 4.79 Å². The van der Waals surface area contributed by atoms with Gasteiger partial charge in [-0.05, 0) is 33.1 Å². The van der Waals surface area contributed by atoms with Gasteiger partial charge < -0.3 is 10.1 Å². The number of nitrogens with zero attached hydrogens (tertiary/aromatic N) is 4. The molecule has 3 rings (SSSR count). The number of aryl methyl sites for hydroxylation is 2. The van der Waals surface area contributed by atoms with Crippen molar-refractivity contribution in [2.75, 3.05) is 0 Å². The van der Waals surface area contributed by atoms with E-state index in [4.69, 9.17) is 4.74 Å². The Kier molecular flexibility index (Phi) is 4.55. The molecule has 2 heterocycles.